The first-order valence-electron chi connectivity index (χ1n) is 7.89. The molecule has 1 aliphatic rings. The maximum Gasteiger partial charge on any atom is 0.405 e. The molecule has 3 rings (SSSR count). The quantitative estimate of drug-likeness (QED) is 0.805. The number of amides is 1. The predicted octanol–water partition coefficient (Wildman–Crippen LogP) is 4.13. The minimum Gasteiger partial charge on any atom is -0.361 e. The first-order valence-corrected chi connectivity index (χ1v) is 8.26. The summed E-state index contributed by atoms with van der Waals surface area (Å²) in [5.41, 5.74) is 2.50. The second kappa shape index (κ2) is 6.75. The third-order valence-corrected chi connectivity index (χ3v) is 4.65. The number of rotatable bonds is 4. The van der Waals surface area contributed by atoms with Crippen LogP contribution in [0.5, 0.6) is 0 Å². The van der Waals surface area contributed by atoms with Crippen LogP contribution in [0.25, 0.3) is 0 Å². The number of nitrogens with zero attached hydrogens (tertiary/aromatic N) is 3. The van der Waals surface area contributed by atoms with E-state index in [4.69, 9.17) is 11.6 Å². The van der Waals surface area contributed by atoms with Crippen LogP contribution in [0.2, 0.25) is 5.15 Å². The zero-order chi connectivity index (χ0) is 19.1. The van der Waals surface area contributed by atoms with Crippen molar-refractivity contribution in [3.05, 3.63) is 51.9 Å². The molecule has 0 aliphatic carbocycles. The van der Waals surface area contributed by atoms with Gasteiger partial charge in [0.15, 0.2) is 0 Å². The Morgan fingerprint density at radius 2 is 2.12 bits per heavy atom. The van der Waals surface area contributed by atoms with E-state index in [9.17, 15) is 18.0 Å². The number of carbonyl (C=O) groups is 1. The van der Waals surface area contributed by atoms with Crippen molar-refractivity contribution in [3.8, 4) is 0 Å². The lowest BCUT2D eigenvalue weighted by Crippen LogP contribution is -2.27. The van der Waals surface area contributed by atoms with Crippen LogP contribution in [0.1, 0.15) is 40.0 Å². The predicted molar refractivity (Wildman–Crippen MR) is 91.1 cm³/mol. The van der Waals surface area contributed by atoms with Gasteiger partial charge in [0.2, 0.25) is 0 Å². The van der Waals surface area contributed by atoms with Crippen LogP contribution in [0, 0.1) is 6.92 Å². The Morgan fingerprint density at radius 1 is 1.38 bits per heavy atom. The van der Waals surface area contributed by atoms with Crippen molar-refractivity contribution < 1.29 is 18.0 Å². The standard InChI is InChI=1S/C17H16ClF3N4O/c1-9-5-11(6-23-15(9)24-8-17(19,20)21)10(2)25-7-13-12(16(25)26)3-4-22-14(13)18/h3-6,10H,7-8H2,1-2H3,(H,23,24). The second-order valence-electron chi connectivity index (χ2n) is 6.14. The fraction of sp³-hybridized carbons (Fsp3) is 0.353. The Labute approximate surface area is 153 Å². The average Bonchev–Trinajstić information content (AvgIpc) is 2.91. The van der Waals surface area contributed by atoms with Crippen molar-refractivity contribution in [2.24, 2.45) is 0 Å². The number of nitrogens with one attached hydrogen (secondary N) is 1. The van der Waals surface area contributed by atoms with Crippen molar-refractivity contribution in [1.82, 2.24) is 14.9 Å². The van der Waals surface area contributed by atoms with E-state index in [0.717, 1.165) is 5.56 Å². The summed E-state index contributed by atoms with van der Waals surface area (Å²) < 4.78 is 37.0. The number of hydrogen-bond acceptors (Lipinski definition) is 4. The number of carbonyl (C=O) groups excluding carboxylic acids is 1. The van der Waals surface area contributed by atoms with Crippen molar-refractivity contribution in [2.75, 3.05) is 11.9 Å². The molecule has 0 saturated heterocycles. The smallest absolute Gasteiger partial charge is 0.361 e. The van der Waals surface area contributed by atoms with Gasteiger partial charge in [-0.15, -0.1) is 0 Å². The van der Waals surface area contributed by atoms with Gasteiger partial charge in [-0.1, -0.05) is 11.6 Å². The molecular weight excluding hydrogens is 369 g/mol. The van der Waals surface area contributed by atoms with E-state index in [2.05, 4.69) is 15.3 Å². The number of anilines is 1. The van der Waals surface area contributed by atoms with E-state index in [0.29, 0.717) is 28.4 Å². The van der Waals surface area contributed by atoms with Crippen LogP contribution >= 0.6 is 11.6 Å². The Balaban J connectivity index is 1.79. The largest absolute Gasteiger partial charge is 0.405 e. The van der Waals surface area contributed by atoms with Gasteiger partial charge in [-0.2, -0.15) is 13.2 Å². The Bertz CT molecular complexity index is 856. The van der Waals surface area contributed by atoms with Gasteiger partial charge in [0.1, 0.15) is 17.5 Å². The van der Waals surface area contributed by atoms with E-state index in [1.807, 2.05) is 6.92 Å². The number of alkyl halides is 3. The monoisotopic (exact) mass is 384 g/mol. The van der Waals surface area contributed by atoms with E-state index >= 15 is 0 Å². The summed E-state index contributed by atoms with van der Waals surface area (Å²) in [5.74, 6) is 0.00952. The molecule has 1 unspecified atom stereocenters. The molecule has 0 spiro atoms. The van der Waals surface area contributed by atoms with Gasteiger partial charge in [0.25, 0.3) is 5.91 Å². The molecule has 26 heavy (non-hydrogen) atoms. The highest BCUT2D eigenvalue weighted by molar-refractivity contribution is 6.30. The molecule has 3 heterocycles. The zero-order valence-corrected chi connectivity index (χ0v) is 14.8. The number of aryl methyl sites for hydroxylation is 1. The van der Waals surface area contributed by atoms with E-state index in [-0.39, 0.29) is 17.8 Å². The van der Waals surface area contributed by atoms with Gasteiger partial charge in [-0.25, -0.2) is 9.97 Å². The highest BCUT2D eigenvalue weighted by atomic mass is 35.5. The van der Waals surface area contributed by atoms with Crippen LogP contribution in [0.3, 0.4) is 0 Å². The number of halogens is 4. The van der Waals surface area contributed by atoms with Crippen molar-refractivity contribution in [3.63, 3.8) is 0 Å². The van der Waals surface area contributed by atoms with E-state index in [1.54, 1.807) is 24.0 Å². The fourth-order valence-corrected chi connectivity index (χ4v) is 3.12. The molecule has 0 fully saturated rings. The lowest BCUT2D eigenvalue weighted by Gasteiger charge is -2.25. The molecule has 0 aromatic carbocycles. The minimum atomic E-state index is -4.32. The molecule has 5 nitrogen and oxygen atoms in total. The first-order chi connectivity index (χ1) is 12.2. The molecule has 1 aliphatic heterocycles. The summed E-state index contributed by atoms with van der Waals surface area (Å²) >= 11 is 6.07. The lowest BCUT2D eigenvalue weighted by atomic mass is 10.1. The third-order valence-electron chi connectivity index (χ3n) is 4.33. The number of aromatic nitrogens is 2. The summed E-state index contributed by atoms with van der Waals surface area (Å²) in [5, 5.41) is 2.57. The van der Waals surface area contributed by atoms with Gasteiger partial charge < -0.3 is 10.2 Å². The van der Waals surface area contributed by atoms with Gasteiger partial charge in [-0.05, 0) is 37.1 Å². The molecule has 1 N–H and O–H groups in total. The molecule has 138 valence electrons. The summed E-state index contributed by atoms with van der Waals surface area (Å²) in [6.07, 6.45) is -1.35. The van der Waals surface area contributed by atoms with Crippen LogP contribution in [0.4, 0.5) is 19.0 Å². The van der Waals surface area contributed by atoms with Crippen molar-refractivity contribution in [2.45, 2.75) is 32.6 Å². The summed E-state index contributed by atoms with van der Waals surface area (Å²) in [7, 11) is 0. The molecule has 2 aromatic heterocycles. The van der Waals surface area contributed by atoms with Crippen LogP contribution in [0.15, 0.2) is 24.5 Å². The molecular formula is C17H16ClF3N4O. The fourth-order valence-electron chi connectivity index (χ4n) is 2.90. The molecule has 9 heteroatoms. The Morgan fingerprint density at radius 3 is 2.73 bits per heavy atom. The van der Waals surface area contributed by atoms with Gasteiger partial charge in [0.05, 0.1) is 12.6 Å². The highest BCUT2D eigenvalue weighted by Gasteiger charge is 2.33. The summed E-state index contributed by atoms with van der Waals surface area (Å²) in [6, 6.07) is 3.05. The van der Waals surface area contributed by atoms with Gasteiger partial charge >= 0.3 is 6.18 Å². The van der Waals surface area contributed by atoms with Gasteiger partial charge in [0, 0.05) is 23.5 Å². The Hall–Kier alpha value is -2.35. The lowest BCUT2D eigenvalue weighted by molar-refractivity contribution is -0.115. The Kier molecular flexibility index (Phi) is 4.79. The molecule has 2 aromatic rings. The normalized spacial score (nSPS) is 15.2. The topological polar surface area (TPSA) is 58.1 Å². The molecule has 0 bridgehead atoms. The average molecular weight is 385 g/mol. The summed E-state index contributed by atoms with van der Waals surface area (Å²) in [6.45, 7) is 2.68. The van der Waals surface area contributed by atoms with E-state index in [1.165, 1.54) is 12.4 Å². The molecule has 0 radical (unpaired) electrons. The van der Waals surface area contributed by atoms with Gasteiger partial charge in [-0.3, -0.25) is 4.79 Å². The van der Waals surface area contributed by atoms with Crippen LogP contribution in [-0.4, -0.2) is 33.5 Å². The third kappa shape index (κ3) is 3.60. The van der Waals surface area contributed by atoms with Crippen LogP contribution in [-0.2, 0) is 6.54 Å². The maximum absolute atomic E-state index is 12.6. The summed E-state index contributed by atoms with van der Waals surface area (Å²) in [4.78, 5) is 22.3. The maximum atomic E-state index is 12.6. The minimum absolute atomic E-state index is 0.159. The number of pyridine rings is 2. The van der Waals surface area contributed by atoms with Crippen LogP contribution < -0.4 is 5.32 Å². The SMILES string of the molecule is Cc1cc(C(C)N2Cc3c(ccnc3Cl)C2=O)cnc1NCC(F)(F)F. The molecule has 1 amide bonds. The number of hydrogen-bond donors (Lipinski definition) is 1. The molecule has 1 atom stereocenters. The second-order valence-corrected chi connectivity index (χ2v) is 6.50. The molecule has 0 saturated carbocycles. The zero-order valence-electron chi connectivity index (χ0n) is 14.1. The van der Waals surface area contributed by atoms with E-state index < -0.39 is 12.7 Å². The van der Waals surface area contributed by atoms with Crippen molar-refractivity contribution >= 4 is 23.3 Å². The van der Waals surface area contributed by atoms with Crippen molar-refractivity contribution in [1.29, 1.82) is 0 Å². The highest BCUT2D eigenvalue weighted by Crippen LogP contribution is 2.34. The number of fused-ring (bicyclic) bond motifs is 1. The first kappa shape index (κ1) is 18.4.